The van der Waals surface area contributed by atoms with E-state index >= 15 is 0 Å². The van der Waals surface area contributed by atoms with Crippen molar-refractivity contribution in [3.05, 3.63) is 23.9 Å². The fraction of sp³-hybridized carbons (Fsp3) is 0.333. The Labute approximate surface area is 81.0 Å². The topological polar surface area (TPSA) is 79.7 Å². The third-order valence-corrected chi connectivity index (χ3v) is 1.54. The summed E-state index contributed by atoms with van der Waals surface area (Å²) in [7, 11) is 0. The van der Waals surface area contributed by atoms with Gasteiger partial charge in [-0.2, -0.15) is 0 Å². The Hall–Kier alpha value is -1.62. The third-order valence-electron chi connectivity index (χ3n) is 1.54. The number of aromatic carboxylic acids is 1. The first kappa shape index (κ1) is 10.5. The number of carboxylic acids is 1. The van der Waals surface area contributed by atoms with Crippen LogP contribution in [0.3, 0.4) is 0 Å². The van der Waals surface area contributed by atoms with Gasteiger partial charge in [-0.1, -0.05) is 0 Å². The summed E-state index contributed by atoms with van der Waals surface area (Å²) >= 11 is 0. The molecule has 1 rings (SSSR count). The largest absolute Gasteiger partial charge is 0.478 e. The summed E-state index contributed by atoms with van der Waals surface area (Å²) in [5.74, 6) is -0.650. The maximum atomic E-state index is 10.5. The normalized spacial score (nSPS) is 9.79. The molecule has 5 heteroatoms. The molecule has 0 atom stereocenters. The molecule has 5 nitrogen and oxygen atoms in total. The second kappa shape index (κ2) is 5.18. The van der Waals surface area contributed by atoms with Crippen molar-refractivity contribution >= 4 is 5.97 Å². The van der Waals surface area contributed by atoms with Gasteiger partial charge in [0.25, 0.3) is 0 Å². The Balaban J connectivity index is 2.51. The number of aromatic nitrogens is 1. The SMILES string of the molecule is O=C(O)c1ccc(OCCCO)nc1. The molecule has 1 heterocycles. The molecule has 0 spiro atoms. The van der Waals surface area contributed by atoms with Crippen molar-refractivity contribution < 1.29 is 19.7 Å². The molecule has 0 aliphatic heterocycles. The minimum atomic E-state index is -1.01. The Morgan fingerprint density at radius 2 is 2.29 bits per heavy atom. The van der Waals surface area contributed by atoms with Crippen LogP contribution in [0.1, 0.15) is 16.8 Å². The highest BCUT2D eigenvalue weighted by molar-refractivity contribution is 5.87. The highest BCUT2D eigenvalue weighted by Gasteiger charge is 2.02. The molecule has 2 N–H and O–H groups in total. The molecule has 0 saturated carbocycles. The molecule has 0 saturated heterocycles. The molecule has 0 fully saturated rings. The summed E-state index contributed by atoms with van der Waals surface area (Å²) in [6.45, 7) is 0.434. The van der Waals surface area contributed by atoms with Crippen LogP contribution in [0.5, 0.6) is 5.88 Å². The van der Waals surface area contributed by atoms with E-state index in [1.807, 2.05) is 0 Å². The van der Waals surface area contributed by atoms with Crippen molar-refractivity contribution in [3.8, 4) is 5.88 Å². The number of aliphatic hydroxyl groups excluding tert-OH is 1. The van der Waals surface area contributed by atoms with Crippen molar-refractivity contribution in [1.82, 2.24) is 4.98 Å². The summed E-state index contributed by atoms with van der Waals surface area (Å²) in [6, 6.07) is 2.91. The lowest BCUT2D eigenvalue weighted by Gasteiger charge is -2.03. The monoisotopic (exact) mass is 197 g/mol. The van der Waals surface area contributed by atoms with Crippen LogP contribution < -0.4 is 4.74 Å². The predicted molar refractivity (Wildman–Crippen MR) is 48.4 cm³/mol. The average molecular weight is 197 g/mol. The van der Waals surface area contributed by atoms with Gasteiger partial charge in [-0.05, 0) is 6.07 Å². The number of rotatable bonds is 5. The van der Waals surface area contributed by atoms with Gasteiger partial charge in [0.2, 0.25) is 5.88 Å². The van der Waals surface area contributed by atoms with E-state index in [2.05, 4.69) is 4.98 Å². The molecule has 1 aromatic rings. The second-order valence-electron chi connectivity index (χ2n) is 2.62. The van der Waals surface area contributed by atoms with Gasteiger partial charge in [-0.15, -0.1) is 0 Å². The molecule has 14 heavy (non-hydrogen) atoms. The highest BCUT2D eigenvalue weighted by Crippen LogP contribution is 2.07. The molecule has 0 bridgehead atoms. The molecular weight excluding hydrogens is 186 g/mol. The first-order valence-electron chi connectivity index (χ1n) is 4.17. The molecule has 76 valence electrons. The smallest absolute Gasteiger partial charge is 0.337 e. The van der Waals surface area contributed by atoms with E-state index in [4.69, 9.17) is 14.9 Å². The minimum absolute atomic E-state index is 0.0627. The lowest BCUT2D eigenvalue weighted by Crippen LogP contribution is -2.02. The van der Waals surface area contributed by atoms with E-state index in [0.717, 1.165) is 0 Å². The zero-order valence-electron chi connectivity index (χ0n) is 7.51. The van der Waals surface area contributed by atoms with Gasteiger partial charge in [0.15, 0.2) is 0 Å². The van der Waals surface area contributed by atoms with Crippen LogP contribution in [-0.2, 0) is 0 Å². The molecule has 0 unspecified atom stereocenters. The van der Waals surface area contributed by atoms with E-state index in [1.165, 1.54) is 18.3 Å². The van der Waals surface area contributed by atoms with Gasteiger partial charge in [-0.3, -0.25) is 0 Å². The van der Waals surface area contributed by atoms with E-state index in [1.54, 1.807) is 0 Å². The van der Waals surface area contributed by atoms with Crippen LogP contribution in [0, 0.1) is 0 Å². The molecular formula is C9H11NO4. The zero-order valence-corrected chi connectivity index (χ0v) is 7.51. The van der Waals surface area contributed by atoms with E-state index in [-0.39, 0.29) is 12.2 Å². The van der Waals surface area contributed by atoms with Crippen molar-refractivity contribution in [2.75, 3.05) is 13.2 Å². The van der Waals surface area contributed by atoms with Crippen LogP contribution in [0.2, 0.25) is 0 Å². The van der Waals surface area contributed by atoms with Crippen LogP contribution in [0.25, 0.3) is 0 Å². The number of carbonyl (C=O) groups is 1. The highest BCUT2D eigenvalue weighted by atomic mass is 16.5. The number of carboxylic acid groups (broad SMARTS) is 1. The Kier molecular flexibility index (Phi) is 3.87. The van der Waals surface area contributed by atoms with Crippen molar-refractivity contribution in [2.45, 2.75) is 6.42 Å². The van der Waals surface area contributed by atoms with Gasteiger partial charge >= 0.3 is 5.97 Å². The van der Waals surface area contributed by atoms with Gasteiger partial charge in [0.1, 0.15) is 0 Å². The maximum Gasteiger partial charge on any atom is 0.337 e. The minimum Gasteiger partial charge on any atom is -0.478 e. The summed E-state index contributed by atoms with van der Waals surface area (Å²) in [6.07, 6.45) is 1.76. The van der Waals surface area contributed by atoms with Gasteiger partial charge in [0.05, 0.1) is 12.2 Å². The molecule has 1 aromatic heterocycles. The van der Waals surface area contributed by atoms with Crippen molar-refractivity contribution in [2.24, 2.45) is 0 Å². The molecule has 0 radical (unpaired) electrons. The lowest BCUT2D eigenvalue weighted by molar-refractivity contribution is 0.0696. The number of pyridine rings is 1. The Bertz CT molecular complexity index is 296. The van der Waals surface area contributed by atoms with Crippen LogP contribution in [0.4, 0.5) is 0 Å². The van der Waals surface area contributed by atoms with Gasteiger partial charge < -0.3 is 14.9 Å². The first-order valence-corrected chi connectivity index (χ1v) is 4.17. The standard InChI is InChI=1S/C9H11NO4/c11-4-1-5-14-8-3-2-7(6-10-8)9(12)13/h2-3,6,11H,1,4-5H2,(H,12,13). The molecule has 0 aliphatic carbocycles. The van der Waals surface area contributed by atoms with E-state index in [9.17, 15) is 4.79 Å². The second-order valence-corrected chi connectivity index (χ2v) is 2.62. The van der Waals surface area contributed by atoms with Crippen LogP contribution in [-0.4, -0.2) is 34.4 Å². The quantitative estimate of drug-likeness (QED) is 0.673. The summed E-state index contributed by atoms with van der Waals surface area (Å²) < 4.78 is 5.12. The Morgan fingerprint density at radius 1 is 1.50 bits per heavy atom. The number of aliphatic hydroxyl groups is 1. The van der Waals surface area contributed by atoms with Crippen LogP contribution >= 0.6 is 0 Å². The van der Waals surface area contributed by atoms with Crippen molar-refractivity contribution in [1.29, 1.82) is 0 Å². The summed E-state index contributed by atoms with van der Waals surface area (Å²) in [5, 5.41) is 17.1. The molecule has 0 aromatic carbocycles. The lowest BCUT2D eigenvalue weighted by atomic mass is 10.3. The summed E-state index contributed by atoms with van der Waals surface area (Å²) in [5.41, 5.74) is 0.125. The van der Waals surface area contributed by atoms with Crippen molar-refractivity contribution in [3.63, 3.8) is 0 Å². The van der Waals surface area contributed by atoms with Gasteiger partial charge in [0, 0.05) is 25.3 Å². The number of ether oxygens (including phenoxy) is 1. The zero-order chi connectivity index (χ0) is 10.4. The Morgan fingerprint density at radius 3 is 2.79 bits per heavy atom. The fourth-order valence-corrected chi connectivity index (χ4v) is 0.833. The van der Waals surface area contributed by atoms with Gasteiger partial charge in [-0.25, -0.2) is 9.78 Å². The fourth-order valence-electron chi connectivity index (χ4n) is 0.833. The van der Waals surface area contributed by atoms with E-state index < -0.39 is 5.97 Å². The molecule has 0 aliphatic rings. The first-order chi connectivity index (χ1) is 6.74. The molecule has 0 amide bonds. The summed E-state index contributed by atoms with van der Waals surface area (Å²) in [4.78, 5) is 14.2. The number of hydrogen-bond donors (Lipinski definition) is 2. The predicted octanol–water partition coefficient (Wildman–Crippen LogP) is 0.541. The van der Waals surface area contributed by atoms with E-state index in [0.29, 0.717) is 18.9 Å². The maximum absolute atomic E-state index is 10.5. The van der Waals surface area contributed by atoms with Crippen LogP contribution in [0.15, 0.2) is 18.3 Å². The number of nitrogens with zero attached hydrogens (tertiary/aromatic N) is 1. The number of hydrogen-bond acceptors (Lipinski definition) is 4. The average Bonchev–Trinajstić information content (AvgIpc) is 2.19. The third kappa shape index (κ3) is 3.02.